The van der Waals surface area contributed by atoms with E-state index in [1.807, 2.05) is 29.2 Å². The molecule has 8 nitrogen and oxygen atoms in total. The first-order valence-corrected chi connectivity index (χ1v) is 10.6. The normalized spacial score (nSPS) is 16.1. The summed E-state index contributed by atoms with van der Waals surface area (Å²) in [7, 11) is 0. The number of anilines is 2. The Morgan fingerprint density at radius 2 is 1.84 bits per heavy atom. The summed E-state index contributed by atoms with van der Waals surface area (Å²) >= 11 is 0. The lowest BCUT2D eigenvalue weighted by Gasteiger charge is -2.20. The van der Waals surface area contributed by atoms with Crippen LogP contribution in [0.3, 0.4) is 0 Å². The molecule has 0 spiro atoms. The highest BCUT2D eigenvalue weighted by Gasteiger charge is 2.27. The van der Waals surface area contributed by atoms with Crippen LogP contribution in [0.5, 0.6) is 0 Å². The summed E-state index contributed by atoms with van der Waals surface area (Å²) in [5, 5.41) is 7.00. The first-order valence-electron chi connectivity index (χ1n) is 10.6. The van der Waals surface area contributed by atoms with Gasteiger partial charge in [-0.25, -0.2) is 14.8 Å². The van der Waals surface area contributed by atoms with E-state index in [2.05, 4.69) is 20.6 Å². The lowest BCUT2D eigenvalue weighted by molar-refractivity contribution is 0.0635. The lowest BCUT2D eigenvalue weighted by atomic mass is 10.2. The Labute approximate surface area is 187 Å². The molecule has 0 saturated carbocycles. The van der Waals surface area contributed by atoms with E-state index in [4.69, 9.17) is 4.74 Å². The van der Waals surface area contributed by atoms with Gasteiger partial charge in [-0.2, -0.15) is 0 Å². The maximum absolute atomic E-state index is 12.9. The van der Waals surface area contributed by atoms with Crippen LogP contribution in [0.1, 0.15) is 37.6 Å². The van der Waals surface area contributed by atoms with Crippen molar-refractivity contribution in [3.8, 4) is 0 Å². The number of ether oxygens (including phenoxy) is 1. The molecule has 32 heavy (non-hydrogen) atoms. The molecule has 2 amide bonds. The van der Waals surface area contributed by atoms with E-state index < -0.39 is 11.7 Å². The molecule has 2 heterocycles. The summed E-state index contributed by atoms with van der Waals surface area (Å²) in [5.74, 6) is 0.526. The summed E-state index contributed by atoms with van der Waals surface area (Å²) in [5.41, 5.74) is 1.46. The number of fused-ring (bicyclic) bond motifs is 1. The molecule has 4 rings (SSSR count). The number of hydrogen-bond acceptors (Lipinski definition) is 6. The van der Waals surface area contributed by atoms with Crippen molar-refractivity contribution in [2.75, 3.05) is 23.7 Å². The van der Waals surface area contributed by atoms with Crippen molar-refractivity contribution in [2.24, 2.45) is 0 Å². The van der Waals surface area contributed by atoms with Crippen LogP contribution >= 0.6 is 0 Å². The Bertz CT molecular complexity index is 1120. The number of aromatic nitrogens is 2. The second kappa shape index (κ2) is 8.82. The first kappa shape index (κ1) is 21.5. The van der Waals surface area contributed by atoms with E-state index >= 15 is 0 Å². The number of para-hydroxylation sites is 1. The molecule has 1 aromatic heterocycles. The fourth-order valence-electron chi connectivity index (χ4n) is 3.59. The van der Waals surface area contributed by atoms with E-state index in [1.165, 1.54) is 0 Å². The Hall–Kier alpha value is -3.68. The van der Waals surface area contributed by atoms with E-state index in [0.29, 0.717) is 30.3 Å². The van der Waals surface area contributed by atoms with Crippen LogP contribution in [-0.2, 0) is 4.74 Å². The minimum absolute atomic E-state index is 0.0439. The monoisotopic (exact) mass is 433 g/mol. The van der Waals surface area contributed by atoms with Crippen molar-refractivity contribution in [3.05, 3.63) is 60.3 Å². The van der Waals surface area contributed by atoms with Crippen molar-refractivity contribution < 1.29 is 14.3 Å². The molecule has 8 heteroatoms. The third kappa shape index (κ3) is 5.32. The number of likely N-dealkylation sites (tertiary alicyclic amines) is 1. The van der Waals surface area contributed by atoms with Crippen molar-refractivity contribution in [1.82, 2.24) is 14.9 Å². The number of nitrogens with zero attached hydrogens (tertiary/aromatic N) is 3. The molecule has 1 saturated heterocycles. The van der Waals surface area contributed by atoms with Crippen molar-refractivity contribution in [3.63, 3.8) is 0 Å². The van der Waals surface area contributed by atoms with Gasteiger partial charge in [0.2, 0.25) is 5.95 Å². The van der Waals surface area contributed by atoms with Crippen LogP contribution in [0.15, 0.2) is 54.7 Å². The Morgan fingerprint density at radius 3 is 2.59 bits per heavy atom. The molecular weight excluding hydrogens is 406 g/mol. The second-order valence-corrected chi connectivity index (χ2v) is 8.84. The Kier molecular flexibility index (Phi) is 5.94. The minimum atomic E-state index is -0.571. The second-order valence-electron chi connectivity index (χ2n) is 8.84. The highest BCUT2D eigenvalue weighted by molar-refractivity contribution is 5.95. The van der Waals surface area contributed by atoms with Crippen molar-refractivity contribution in [2.45, 2.75) is 38.8 Å². The largest absolute Gasteiger partial charge is 0.444 e. The molecule has 2 N–H and O–H groups in total. The summed E-state index contributed by atoms with van der Waals surface area (Å²) in [6, 6.07) is 14.7. The van der Waals surface area contributed by atoms with Gasteiger partial charge < -0.3 is 15.0 Å². The fraction of sp³-hybridized carbons (Fsp3) is 0.333. The fourth-order valence-corrected chi connectivity index (χ4v) is 3.59. The van der Waals surface area contributed by atoms with Crippen molar-refractivity contribution in [1.29, 1.82) is 0 Å². The van der Waals surface area contributed by atoms with Gasteiger partial charge in [-0.3, -0.25) is 10.1 Å². The summed E-state index contributed by atoms with van der Waals surface area (Å²) in [6.07, 6.45) is 2.09. The van der Waals surface area contributed by atoms with Gasteiger partial charge in [-0.05, 0) is 57.5 Å². The molecule has 2 aromatic carbocycles. The number of carbonyl (C=O) groups excluding carboxylic acids is 2. The number of benzene rings is 2. The molecule has 1 aliphatic heterocycles. The number of hydrogen-bond donors (Lipinski definition) is 2. The van der Waals surface area contributed by atoms with E-state index in [1.54, 1.807) is 51.2 Å². The van der Waals surface area contributed by atoms with E-state index in [9.17, 15) is 9.59 Å². The molecule has 0 bridgehead atoms. The minimum Gasteiger partial charge on any atom is -0.444 e. The molecule has 1 atom stereocenters. The number of amides is 2. The third-order valence-corrected chi connectivity index (χ3v) is 5.07. The van der Waals surface area contributed by atoms with Gasteiger partial charge in [0.15, 0.2) is 0 Å². The van der Waals surface area contributed by atoms with Gasteiger partial charge in [0.05, 0.1) is 5.52 Å². The Balaban J connectivity index is 1.33. The molecule has 0 unspecified atom stereocenters. The summed E-state index contributed by atoms with van der Waals surface area (Å²) < 4.78 is 5.24. The Morgan fingerprint density at radius 1 is 1.09 bits per heavy atom. The summed E-state index contributed by atoms with van der Waals surface area (Å²) in [6.45, 7) is 6.64. The molecule has 1 fully saturated rings. The topological polar surface area (TPSA) is 96.5 Å². The molecule has 1 aliphatic rings. The van der Waals surface area contributed by atoms with E-state index in [-0.39, 0.29) is 11.9 Å². The summed E-state index contributed by atoms with van der Waals surface area (Å²) in [4.78, 5) is 35.5. The lowest BCUT2D eigenvalue weighted by Crippen LogP contribution is -2.31. The highest BCUT2D eigenvalue weighted by Crippen LogP contribution is 2.19. The average Bonchev–Trinajstić information content (AvgIpc) is 3.21. The average molecular weight is 434 g/mol. The number of carbonyl (C=O) groups is 2. The van der Waals surface area contributed by atoms with E-state index in [0.717, 1.165) is 17.3 Å². The van der Waals surface area contributed by atoms with Gasteiger partial charge in [0.25, 0.3) is 5.91 Å². The van der Waals surface area contributed by atoms with Crippen LogP contribution in [0.25, 0.3) is 10.9 Å². The predicted octanol–water partition coefficient (Wildman–Crippen LogP) is 4.30. The first-order chi connectivity index (χ1) is 15.3. The van der Waals surface area contributed by atoms with Gasteiger partial charge in [0.1, 0.15) is 5.60 Å². The third-order valence-electron chi connectivity index (χ3n) is 5.07. The van der Waals surface area contributed by atoms with Crippen LogP contribution in [0.4, 0.5) is 16.4 Å². The zero-order valence-electron chi connectivity index (χ0n) is 18.5. The smallest absolute Gasteiger partial charge is 0.412 e. The molecule has 0 radical (unpaired) electrons. The number of rotatable bonds is 4. The van der Waals surface area contributed by atoms with Crippen molar-refractivity contribution >= 4 is 34.5 Å². The van der Waals surface area contributed by atoms with Crippen LogP contribution in [0.2, 0.25) is 0 Å². The molecule has 166 valence electrons. The molecule has 3 aromatic rings. The van der Waals surface area contributed by atoms with Gasteiger partial charge in [-0.1, -0.05) is 18.2 Å². The molecule has 0 aliphatic carbocycles. The van der Waals surface area contributed by atoms with Crippen LogP contribution < -0.4 is 10.6 Å². The zero-order valence-corrected chi connectivity index (χ0v) is 18.5. The standard InChI is InChI=1S/C24H27N5O3/c1-24(2,3)32-23(31)27-18-10-8-16(9-11-18)21(30)29-13-12-19(15-29)26-22-25-14-17-6-4-5-7-20(17)28-22/h4-11,14,19H,12-13,15H2,1-3H3,(H,27,31)(H,25,26,28)/t19-/m1/s1. The highest BCUT2D eigenvalue weighted by atomic mass is 16.6. The quantitative estimate of drug-likeness (QED) is 0.637. The number of nitrogens with one attached hydrogen (secondary N) is 2. The SMILES string of the molecule is CC(C)(C)OC(=O)Nc1ccc(C(=O)N2CC[C@@H](Nc3ncc4ccccc4n3)C2)cc1. The van der Waals surface area contributed by atoms with Gasteiger partial charge >= 0.3 is 6.09 Å². The predicted molar refractivity (Wildman–Crippen MR) is 124 cm³/mol. The maximum atomic E-state index is 12.9. The zero-order chi connectivity index (χ0) is 22.7. The van der Waals surface area contributed by atoms with Crippen LogP contribution in [0, 0.1) is 0 Å². The van der Waals surface area contributed by atoms with Crippen LogP contribution in [-0.4, -0.2) is 51.6 Å². The maximum Gasteiger partial charge on any atom is 0.412 e. The van der Waals surface area contributed by atoms with Gasteiger partial charge in [-0.15, -0.1) is 0 Å². The van der Waals surface area contributed by atoms with Gasteiger partial charge in [0, 0.05) is 42.0 Å². The molecular formula is C24H27N5O3.